The van der Waals surface area contributed by atoms with E-state index in [0.717, 1.165) is 39.2 Å². The molecule has 0 fully saturated rings. The normalized spacial score (nSPS) is 14.7. The van der Waals surface area contributed by atoms with Gasteiger partial charge in [-0.1, -0.05) is 0 Å². The van der Waals surface area contributed by atoms with Crippen LogP contribution in [-0.2, 0) is 0 Å². The number of hydrogen-bond acceptors (Lipinski definition) is 8. The van der Waals surface area contributed by atoms with Gasteiger partial charge in [0.25, 0.3) is 0 Å². The van der Waals surface area contributed by atoms with E-state index < -0.39 is 0 Å². The number of fused-ring (bicyclic) bond motifs is 1. The largest absolute Gasteiger partial charge is 0.496 e. The molecule has 1 aliphatic rings. The summed E-state index contributed by atoms with van der Waals surface area (Å²) < 4.78 is 5.51. The second-order valence-corrected chi connectivity index (χ2v) is 6.05. The Bertz CT molecular complexity index is 1080. The fourth-order valence-corrected chi connectivity index (χ4v) is 2.91. The maximum absolute atomic E-state index is 5.51. The van der Waals surface area contributed by atoms with Gasteiger partial charge >= 0.3 is 0 Å². The topological polar surface area (TPSA) is 96.7 Å². The third-order valence-corrected chi connectivity index (χ3v) is 4.17. The van der Waals surface area contributed by atoms with Crippen molar-refractivity contribution in [2.24, 2.45) is 9.98 Å². The lowest BCUT2D eigenvalue weighted by Crippen LogP contribution is -2.20. The van der Waals surface area contributed by atoms with Crippen LogP contribution in [0.4, 0.5) is 17.5 Å². The third kappa shape index (κ3) is 3.41. The summed E-state index contributed by atoms with van der Waals surface area (Å²) in [5.74, 6) is 1.99. The zero-order chi connectivity index (χ0) is 18.8. The van der Waals surface area contributed by atoms with Crippen molar-refractivity contribution in [2.45, 2.75) is 13.1 Å². The summed E-state index contributed by atoms with van der Waals surface area (Å²) in [4.78, 5) is 22.3. The van der Waals surface area contributed by atoms with Gasteiger partial charge in [0.15, 0.2) is 6.17 Å². The molecule has 136 valence electrons. The van der Waals surface area contributed by atoms with Crippen molar-refractivity contribution in [1.29, 1.82) is 0 Å². The summed E-state index contributed by atoms with van der Waals surface area (Å²) in [5.41, 5.74) is 2.56. The lowest BCUT2D eigenvalue weighted by molar-refractivity contribution is 0.406. The Balaban J connectivity index is 1.70. The first-order valence-electron chi connectivity index (χ1n) is 8.50. The molecule has 0 radical (unpaired) electrons. The highest BCUT2D eigenvalue weighted by Gasteiger charge is 2.18. The molecule has 2 N–H and O–H groups in total. The average molecular weight is 361 g/mol. The number of nitrogens with zero attached hydrogens (tertiary/aromatic N) is 5. The molecule has 2 aromatic heterocycles. The van der Waals surface area contributed by atoms with Gasteiger partial charge in [-0.05, 0) is 31.2 Å². The summed E-state index contributed by atoms with van der Waals surface area (Å²) >= 11 is 0. The van der Waals surface area contributed by atoms with E-state index in [0.29, 0.717) is 5.95 Å². The highest BCUT2D eigenvalue weighted by atomic mass is 16.5. The van der Waals surface area contributed by atoms with Crippen LogP contribution >= 0.6 is 0 Å². The highest BCUT2D eigenvalue weighted by molar-refractivity contribution is 5.59. The Morgan fingerprint density at radius 2 is 1.89 bits per heavy atom. The van der Waals surface area contributed by atoms with E-state index in [9.17, 15) is 0 Å². The zero-order valence-corrected chi connectivity index (χ0v) is 15.3. The predicted octanol–water partition coefficient (Wildman–Crippen LogP) is 1.93. The number of pyridine rings is 1. The molecule has 1 unspecified atom stereocenters. The van der Waals surface area contributed by atoms with Crippen molar-refractivity contribution in [1.82, 2.24) is 15.0 Å². The number of nitrogens with one attached hydrogen (secondary N) is 2. The van der Waals surface area contributed by atoms with Crippen LogP contribution in [0.25, 0.3) is 0 Å². The molecule has 27 heavy (non-hydrogen) atoms. The van der Waals surface area contributed by atoms with Crippen LogP contribution < -0.4 is 26.1 Å². The Labute approximate surface area is 156 Å². The van der Waals surface area contributed by atoms with Gasteiger partial charge in [-0.3, -0.25) is 9.98 Å². The Kier molecular flexibility index (Phi) is 4.37. The van der Waals surface area contributed by atoms with E-state index in [1.165, 1.54) is 0 Å². The van der Waals surface area contributed by atoms with Crippen molar-refractivity contribution in [2.75, 3.05) is 24.8 Å². The van der Waals surface area contributed by atoms with Crippen LogP contribution in [0.15, 0.2) is 52.7 Å². The Morgan fingerprint density at radius 1 is 1.04 bits per heavy atom. The van der Waals surface area contributed by atoms with E-state index in [1.807, 2.05) is 44.3 Å². The van der Waals surface area contributed by atoms with E-state index in [4.69, 9.17) is 4.74 Å². The number of aromatic nitrogens is 3. The minimum Gasteiger partial charge on any atom is -0.496 e. The van der Waals surface area contributed by atoms with Crippen LogP contribution in [0.3, 0.4) is 0 Å². The van der Waals surface area contributed by atoms with Crippen LogP contribution in [-0.4, -0.2) is 29.1 Å². The summed E-state index contributed by atoms with van der Waals surface area (Å²) in [5, 5.41) is 7.88. The molecule has 0 amide bonds. The van der Waals surface area contributed by atoms with Crippen LogP contribution in [0, 0.1) is 6.92 Å². The summed E-state index contributed by atoms with van der Waals surface area (Å²) in [6.07, 6.45) is 3.06. The monoisotopic (exact) mass is 361 g/mol. The van der Waals surface area contributed by atoms with Gasteiger partial charge in [0.1, 0.15) is 16.9 Å². The van der Waals surface area contributed by atoms with Crippen molar-refractivity contribution in [3.63, 3.8) is 0 Å². The number of anilines is 3. The van der Waals surface area contributed by atoms with Crippen LogP contribution in [0.5, 0.6) is 5.75 Å². The zero-order valence-electron chi connectivity index (χ0n) is 15.3. The van der Waals surface area contributed by atoms with Gasteiger partial charge in [0, 0.05) is 36.3 Å². The lowest BCUT2D eigenvalue weighted by Gasteiger charge is -2.14. The number of benzene rings is 1. The van der Waals surface area contributed by atoms with E-state index in [1.54, 1.807) is 19.5 Å². The van der Waals surface area contributed by atoms with Gasteiger partial charge in [-0.2, -0.15) is 4.98 Å². The molecule has 1 aromatic carbocycles. The van der Waals surface area contributed by atoms with Gasteiger partial charge in [0.2, 0.25) is 5.95 Å². The molecule has 0 spiro atoms. The van der Waals surface area contributed by atoms with Gasteiger partial charge in [0.05, 0.1) is 18.7 Å². The number of aryl methyl sites for hydroxylation is 1. The maximum Gasteiger partial charge on any atom is 0.229 e. The van der Waals surface area contributed by atoms with Gasteiger partial charge in [-0.25, -0.2) is 9.98 Å². The Hall–Kier alpha value is -3.55. The summed E-state index contributed by atoms with van der Waals surface area (Å²) in [6, 6.07) is 9.50. The molecule has 1 atom stereocenters. The predicted molar refractivity (Wildman–Crippen MR) is 102 cm³/mol. The molecule has 0 aliphatic carbocycles. The SMILES string of the molecule is CNc1cc(C)nc(Nc2ccc(OC)c(C3N=c4ccncc4=N3)c2)n1. The third-order valence-electron chi connectivity index (χ3n) is 4.17. The second kappa shape index (κ2) is 6.99. The second-order valence-electron chi connectivity index (χ2n) is 6.05. The number of rotatable bonds is 5. The molecule has 0 saturated carbocycles. The van der Waals surface area contributed by atoms with Crippen molar-refractivity contribution in [3.05, 3.63) is 64.7 Å². The first kappa shape index (κ1) is 16.9. The van der Waals surface area contributed by atoms with Crippen molar-refractivity contribution in [3.8, 4) is 5.75 Å². The number of methoxy groups -OCH3 is 1. The molecular weight excluding hydrogens is 342 g/mol. The van der Waals surface area contributed by atoms with Gasteiger partial charge in [-0.15, -0.1) is 0 Å². The summed E-state index contributed by atoms with van der Waals surface area (Å²) in [6.45, 7) is 1.93. The van der Waals surface area contributed by atoms with Crippen LogP contribution in [0.1, 0.15) is 17.4 Å². The van der Waals surface area contributed by atoms with Crippen molar-refractivity contribution < 1.29 is 4.74 Å². The quantitative estimate of drug-likeness (QED) is 0.721. The molecule has 4 rings (SSSR count). The molecular formula is C19H19N7O. The minimum absolute atomic E-state index is 0.368. The smallest absolute Gasteiger partial charge is 0.229 e. The summed E-state index contributed by atoms with van der Waals surface area (Å²) in [7, 11) is 3.46. The van der Waals surface area contributed by atoms with Gasteiger partial charge < -0.3 is 15.4 Å². The number of hydrogen-bond donors (Lipinski definition) is 2. The molecule has 0 saturated heterocycles. The molecule has 0 bridgehead atoms. The lowest BCUT2D eigenvalue weighted by atomic mass is 10.1. The first-order valence-corrected chi connectivity index (χ1v) is 8.50. The number of ether oxygens (including phenoxy) is 1. The minimum atomic E-state index is -0.368. The van der Waals surface area contributed by atoms with Crippen LogP contribution in [0.2, 0.25) is 0 Å². The molecule has 3 heterocycles. The molecule has 8 heteroatoms. The van der Waals surface area contributed by atoms with Crippen molar-refractivity contribution >= 4 is 17.5 Å². The van der Waals surface area contributed by atoms with E-state index in [-0.39, 0.29) is 6.17 Å². The first-order chi connectivity index (χ1) is 13.2. The average Bonchev–Trinajstić information content (AvgIpc) is 3.11. The maximum atomic E-state index is 5.51. The molecule has 8 nitrogen and oxygen atoms in total. The Morgan fingerprint density at radius 3 is 2.67 bits per heavy atom. The molecule has 3 aromatic rings. The molecule has 1 aliphatic heterocycles. The fraction of sp³-hybridized carbons (Fsp3) is 0.211. The van der Waals surface area contributed by atoms with E-state index in [2.05, 4.69) is 35.6 Å². The highest BCUT2D eigenvalue weighted by Crippen LogP contribution is 2.32. The standard InChI is InChI=1S/C19H19N7O/c1-11-8-17(20-2)26-19(22-11)23-12-4-5-16(27-3)13(9-12)18-24-14-6-7-21-10-15(14)25-18/h4-10,18H,1-3H3,(H2,20,22,23,26). The fourth-order valence-electron chi connectivity index (χ4n) is 2.91. The van der Waals surface area contributed by atoms with E-state index >= 15 is 0 Å².